The molecule has 8 aromatic rings. The highest BCUT2D eigenvalue weighted by molar-refractivity contribution is 6.32. The van der Waals surface area contributed by atoms with Crippen LogP contribution in [-0.4, -0.2) is 66.9 Å². The summed E-state index contributed by atoms with van der Waals surface area (Å²) in [6.45, 7) is 6.75. The summed E-state index contributed by atoms with van der Waals surface area (Å²) < 4.78 is 20.1. The molecule has 12 nitrogen and oxygen atoms in total. The molecule has 2 aromatic carbocycles. The van der Waals surface area contributed by atoms with Crippen molar-refractivity contribution in [1.82, 2.24) is 29.1 Å². The number of hydrogen-bond acceptors (Lipinski definition) is 9. The van der Waals surface area contributed by atoms with Gasteiger partial charge in [0.15, 0.2) is 0 Å². The second-order valence-electron chi connectivity index (χ2n) is 13.7. The van der Waals surface area contributed by atoms with Gasteiger partial charge in [-0.1, -0.05) is 38.1 Å². The number of esters is 1. The van der Waals surface area contributed by atoms with Crippen molar-refractivity contribution < 1.29 is 28.9 Å². The highest BCUT2D eigenvalue weighted by Gasteiger charge is 2.28. The molecule has 0 saturated carbocycles. The number of hydrogen-bond donors (Lipinski definition) is 1. The molecular weight excluding hydrogens is 827 g/mol. The van der Waals surface area contributed by atoms with Gasteiger partial charge in [0.05, 0.1) is 20.8 Å². The Morgan fingerprint density at radius 3 is 1.50 bits per heavy atom. The normalized spacial score (nSPS) is 10.6. The minimum absolute atomic E-state index is 0. The third-order valence-corrected chi connectivity index (χ3v) is 10.3. The van der Waals surface area contributed by atoms with E-state index < -0.39 is 11.9 Å². The SMILES string of the molecule is C.C.CCOC(=O)c1c(-c2cccnc2OC)c2cc(Cl)ccc2n1Cc1ccnc(C)c1.COc1ncccc1-c1c(C(=O)O)n(Cc2ccnc(C)c2)c2ccc(Cl)cc12. The van der Waals surface area contributed by atoms with Crippen LogP contribution < -0.4 is 9.47 Å². The van der Waals surface area contributed by atoms with Gasteiger partial charge in [-0.2, -0.15) is 0 Å². The standard InChI is InChI=1S/C24H22ClN3O3.C22H18ClN3O3.2CH4/c1-4-31-24(29)22-21(18-6-5-10-27-23(18)30-3)19-13-17(25)7-8-20(19)28(22)14-16-9-11-26-15(2)12-16;1-13-10-14(7-9-24-13)12-26-18-6-5-15(23)11-17(18)19(20(26)22(27)28)16-4-3-8-25-21(16)29-2;;/h5-13H,4,14H2,1-3H3;3-11H,12H2,1-2H3,(H,27,28);2*1H4. The summed E-state index contributed by atoms with van der Waals surface area (Å²) in [5.74, 6) is -0.675. The Morgan fingerprint density at radius 1 is 0.629 bits per heavy atom. The van der Waals surface area contributed by atoms with Gasteiger partial charge in [-0.15, -0.1) is 0 Å². The molecule has 0 atom stereocenters. The first-order valence-electron chi connectivity index (χ1n) is 18.9. The molecule has 0 aliphatic heterocycles. The smallest absolute Gasteiger partial charge is 0.355 e. The molecular formula is C48H48Cl2N6O6. The van der Waals surface area contributed by atoms with Crippen molar-refractivity contribution in [3.8, 4) is 34.0 Å². The number of carboxylic acid groups (broad SMARTS) is 1. The lowest BCUT2D eigenvalue weighted by Crippen LogP contribution is -2.14. The number of carbonyl (C=O) groups excluding carboxylic acids is 1. The third-order valence-electron chi connectivity index (χ3n) is 9.79. The molecule has 0 saturated heterocycles. The molecule has 1 N–H and O–H groups in total. The van der Waals surface area contributed by atoms with Crippen LogP contribution >= 0.6 is 23.2 Å². The van der Waals surface area contributed by atoms with E-state index >= 15 is 0 Å². The molecule has 6 heterocycles. The number of aromatic nitrogens is 6. The molecule has 0 aliphatic rings. The summed E-state index contributed by atoms with van der Waals surface area (Å²) in [6, 6.07) is 26.0. The van der Waals surface area contributed by atoms with Crippen LogP contribution in [0.4, 0.5) is 0 Å². The number of aromatic carboxylic acids is 1. The molecule has 0 fully saturated rings. The maximum atomic E-state index is 13.2. The molecule has 0 aliphatic carbocycles. The third kappa shape index (κ3) is 9.41. The van der Waals surface area contributed by atoms with E-state index in [4.69, 9.17) is 37.4 Å². The Morgan fingerprint density at radius 2 is 1.08 bits per heavy atom. The number of rotatable bonds is 11. The lowest BCUT2D eigenvalue weighted by molar-refractivity contribution is 0.0515. The van der Waals surface area contributed by atoms with Gasteiger partial charge in [-0.05, 0) is 117 Å². The number of ether oxygens (including phenoxy) is 3. The van der Waals surface area contributed by atoms with Crippen molar-refractivity contribution in [2.24, 2.45) is 0 Å². The monoisotopic (exact) mass is 874 g/mol. The van der Waals surface area contributed by atoms with Crippen LogP contribution in [-0.2, 0) is 17.8 Å². The van der Waals surface area contributed by atoms with Crippen LogP contribution in [0.15, 0.2) is 110 Å². The zero-order valence-corrected chi connectivity index (χ0v) is 35.0. The molecule has 0 bridgehead atoms. The van der Waals surface area contributed by atoms with Crippen LogP contribution in [0.1, 0.15) is 65.3 Å². The highest BCUT2D eigenvalue weighted by Crippen LogP contribution is 2.42. The summed E-state index contributed by atoms with van der Waals surface area (Å²) in [7, 11) is 3.07. The van der Waals surface area contributed by atoms with E-state index in [1.165, 1.54) is 7.11 Å². The second-order valence-corrected chi connectivity index (χ2v) is 14.6. The topological polar surface area (TPSA) is 143 Å². The van der Waals surface area contributed by atoms with E-state index in [1.54, 1.807) is 67.7 Å². The Balaban J connectivity index is 0.000000227. The number of aryl methyl sites for hydroxylation is 2. The van der Waals surface area contributed by atoms with Gasteiger partial charge < -0.3 is 28.5 Å². The molecule has 6 aromatic heterocycles. The quantitative estimate of drug-likeness (QED) is 0.125. The summed E-state index contributed by atoms with van der Waals surface area (Å²) in [6.07, 6.45) is 6.74. The zero-order valence-electron chi connectivity index (χ0n) is 33.4. The molecule has 14 heteroatoms. The van der Waals surface area contributed by atoms with E-state index in [0.29, 0.717) is 62.8 Å². The van der Waals surface area contributed by atoms with Gasteiger partial charge in [-0.25, -0.2) is 19.6 Å². The summed E-state index contributed by atoms with van der Waals surface area (Å²) in [4.78, 5) is 42.7. The number of fused-ring (bicyclic) bond motifs is 2. The molecule has 0 unspecified atom stereocenters. The van der Waals surface area contributed by atoms with Crippen molar-refractivity contribution in [3.05, 3.63) is 154 Å². The van der Waals surface area contributed by atoms with Crippen molar-refractivity contribution in [2.45, 2.75) is 48.7 Å². The van der Waals surface area contributed by atoms with Crippen LogP contribution in [0.5, 0.6) is 11.8 Å². The van der Waals surface area contributed by atoms with Gasteiger partial charge in [-0.3, -0.25) is 9.97 Å². The fraction of sp³-hybridized carbons (Fsp3) is 0.208. The first-order chi connectivity index (χ1) is 29.0. The first-order valence-corrected chi connectivity index (χ1v) is 19.6. The molecule has 8 rings (SSSR count). The zero-order chi connectivity index (χ0) is 42.5. The Hall–Kier alpha value is -6.76. The van der Waals surface area contributed by atoms with Crippen LogP contribution in [0.25, 0.3) is 44.1 Å². The average Bonchev–Trinajstić information content (AvgIpc) is 3.72. The van der Waals surface area contributed by atoms with Crippen LogP contribution in [0.2, 0.25) is 10.0 Å². The molecule has 320 valence electrons. The maximum absolute atomic E-state index is 13.2. The van der Waals surface area contributed by atoms with E-state index in [0.717, 1.165) is 44.3 Å². The average molecular weight is 876 g/mol. The van der Waals surface area contributed by atoms with E-state index in [9.17, 15) is 14.7 Å². The minimum Gasteiger partial charge on any atom is -0.481 e. The van der Waals surface area contributed by atoms with Crippen LogP contribution in [0.3, 0.4) is 0 Å². The van der Waals surface area contributed by atoms with Crippen molar-refractivity contribution in [2.75, 3.05) is 20.8 Å². The van der Waals surface area contributed by atoms with E-state index in [2.05, 4.69) is 19.9 Å². The van der Waals surface area contributed by atoms with Crippen molar-refractivity contribution in [1.29, 1.82) is 0 Å². The Bertz CT molecular complexity index is 2890. The number of benzene rings is 2. The number of pyridine rings is 4. The number of halogens is 2. The van der Waals surface area contributed by atoms with Gasteiger partial charge in [0.1, 0.15) is 11.4 Å². The highest BCUT2D eigenvalue weighted by atomic mass is 35.5. The number of carbonyl (C=O) groups is 2. The molecule has 0 spiro atoms. The lowest BCUT2D eigenvalue weighted by atomic mass is 10.0. The fourth-order valence-corrected chi connectivity index (χ4v) is 7.76. The summed E-state index contributed by atoms with van der Waals surface area (Å²) >= 11 is 12.6. The van der Waals surface area contributed by atoms with Gasteiger partial charge in [0.2, 0.25) is 11.8 Å². The molecule has 0 radical (unpaired) electrons. The maximum Gasteiger partial charge on any atom is 0.355 e. The Labute approximate surface area is 370 Å². The number of carboxylic acids is 1. The van der Waals surface area contributed by atoms with Crippen molar-refractivity contribution in [3.63, 3.8) is 0 Å². The largest absolute Gasteiger partial charge is 0.481 e. The van der Waals surface area contributed by atoms with Gasteiger partial charge in [0, 0.05) is 103 Å². The predicted octanol–water partition coefficient (Wildman–Crippen LogP) is 11.4. The number of nitrogens with zero attached hydrogens (tertiary/aromatic N) is 6. The van der Waals surface area contributed by atoms with Crippen molar-refractivity contribution >= 4 is 56.9 Å². The van der Waals surface area contributed by atoms with Crippen LogP contribution in [0, 0.1) is 13.8 Å². The molecule has 0 amide bonds. The van der Waals surface area contributed by atoms with Gasteiger partial charge in [0.25, 0.3) is 0 Å². The second kappa shape index (κ2) is 20.2. The lowest BCUT2D eigenvalue weighted by Gasteiger charge is -2.13. The fourth-order valence-electron chi connectivity index (χ4n) is 7.42. The van der Waals surface area contributed by atoms with E-state index in [-0.39, 0.29) is 27.2 Å². The summed E-state index contributed by atoms with van der Waals surface area (Å²) in [5, 5.41) is 12.8. The first kappa shape index (κ1) is 46.3. The molecule has 62 heavy (non-hydrogen) atoms. The predicted molar refractivity (Wildman–Crippen MR) is 246 cm³/mol. The summed E-state index contributed by atoms with van der Waals surface area (Å²) in [5.41, 5.74) is 8.49. The minimum atomic E-state index is -1.04. The van der Waals surface area contributed by atoms with E-state index in [1.807, 2.05) is 79.1 Å². The Kier molecular flexibility index (Phi) is 15.1. The number of methoxy groups -OCH3 is 2. The van der Waals surface area contributed by atoms with Gasteiger partial charge >= 0.3 is 11.9 Å².